The summed E-state index contributed by atoms with van der Waals surface area (Å²) in [5, 5.41) is 9.10. The number of hydrogen-bond donors (Lipinski definition) is 2. The van der Waals surface area contributed by atoms with Gasteiger partial charge in [0.25, 0.3) is 0 Å². The van der Waals surface area contributed by atoms with E-state index in [2.05, 4.69) is 0 Å². The molecule has 0 aliphatic carbocycles. The van der Waals surface area contributed by atoms with E-state index in [0.29, 0.717) is 6.61 Å². The van der Waals surface area contributed by atoms with E-state index in [-0.39, 0.29) is 6.04 Å². The van der Waals surface area contributed by atoms with Crippen LogP contribution in [0.5, 0.6) is 5.75 Å². The van der Waals surface area contributed by atoms with Gasteiger partial charge in [-0.05, 0) is 38.0 Å². The number of ether oxygens (including phenoxy) is 1. The second kappa shape index (κ2) is 5.14. The van der Waals surface area contributed by atoms with Crippen LogP contribution in [0.3, 0.4) is 0 Å². The number of aliphatic hydroxyl groups is 1. The smallest absolute Gasteiger partial charge is 0.122 e. The van der Waals surface area contributed by atoms with Gasteiger partial charge < -0.3 is 15.6 Å². The predicted molar refractivity (Wildman–Crippen MR) is 61.0 cm³/mol. The first-order chi connectivity index (χ1) is 7.00. The molecule has 0 heterocycles. The average molecular weight is 209 g/mol. The summed E-state index contributed by atoms with van der Waals surface area (Å²) >= 11 is 0. The molecule has 3 N–H and O–H groups in total. The zero-order valence-electron chi connectivity index (χ0n) is 9.53. The third-order valence-electron chi connectivity index (χ3n) is 2.20. The molecule has 84 valence electrons. The SMILES string of the molecule is Cc1cc(C(C)N)ccc1OCC(C)O. The zero-order chi connectivity index (χ0) is 11.4. The standard InChI is InChI=1S/C12H19NO2/c1-8-6-11(10(3)13)4-5-12(8)15-7-9(2)14/h4-6,9-10,14H,7,13H2,1-3H3. The Balaban J connectivity index is 2.75. The molecule has 1 rings (SSSR count). The van der Waals surface area contributed by atoms with Crippen molar-refractivity contribution in [2.45, 2.75) is 32.9 Å². The molecule has 15 heavy (non-hydrogen) atoms. The topological polar surface area (TPSA) is 55.5 Å². The van der Waals surface area contributed by atoms with Crippen molar-refractivity contribution in [3.63, 3.8) is 0 Å². The Morgan fingerprint density at radius 1 is 1.40 bits per heavy atom. The van der Waals surface area contributed by atoms with Crippen molar-refractivity contribution in [1.29, 1.82) is 0 Å². The van der Waals surface area contributed by atoms with Crippen molar-refractivity contribution < 1.29 is 9.84 Å². The van der Waals surface area contributed by atoms with Gasteiger partial charge in [-0.3, -0.25) is 0 Å². The first-order valence-electron chi connectivity index (χ1n) is 5.17. The van der Waals surface area contributed by atoms with E-state index < -0.39 is 6.10 Å². The number of hydrogen-bond acceptors (Lipinski definition) is 3. The van der Waals surface area contributed by atoms with Gasteiger partial charge in [0, 0.05) is 6.04 Å². The molecule has 3 heteroatoms. The molecule has 0 amide bonds. The fourth-order valence-electron chi connectivity index (χ4n) is 1.33. The fraction of sp³-hybridized carbons (Fsp3) is 0.500. The van der Waals surface area contributed by atoms with Gasteiger partial charge in [-0.25, -0.2) is 0 Å². The summed E-state index contributed by atoms with van der Waals surface area (Å²) in [6.45, 7) is 5.94. The summed E-state index contributed by atoms with van der Waals surface area (Å²) in [4.78, 5) is 0. The molecule has 0 radical (unpaired) electrons. The van der Waals surface area contributed by atoms with Crippen LogP contribution >= 0.6 is 0 Å². The maximum Gasteiger partial charge on any atom is 0.122 e. The third kappa shape index (κ3) is 3.53. The van der Waals surface area contributed by atoms with Gasteiger partial charge in [-0.2, -0.15) is 0 Å². The minimum absolute atomic E-state index is 0.0366. The van der Waals surface area contributed by atoms with Gasteiger partial charge in [0.15, 0.2) is 0 Å². The van der Waals surface area contributed by atoms with Crippen LogP contribution in [0.25, 0.3) is 0 Å². The van der Waals surface area contributed by atoms with E-state index in [1.807, 2.05) is 32.0 Å². The van der Waals surface area contributed by atoms with Crippen LogP contribution in [0, 0.1) is 6.92 Å². The normalized spacial score (nSPS) is 14.7. The Bertz CT molecular complexity index is 321. The molecule has 2 unspecified atom stereocenters. The summed E-state index contributed by atoms with van der Waals surface area (Å²) in [6.07, 6.45) is -0.447. The zero-order valence-corrected chi connectivity index (χ0v) is 9.53. The summed E-state index contributed by atoms with van der Waals surface area (Å²) in [5.41, 5.74) is 7.92. The van der Waals surface area contributed by atoms with Gasteiger partial charge in [0.1, 0.15) is 12.4 Å². The van der Waals surface area contributed by atoms with Crippen LogP contribution < -0.4 is 10.5 Å². The Morgan fingerprint density at radius 2 is 2.07 bits per heavy atom. The quantitative estimate of drug-likeness (QED) is 0.794. The Morgan fingerprint density at radius 3 is 2.53 bits per heavy atom. The van der Waals surface area contributed by atoms with Gasteiger partial charge in [-0.1, -0.05) is 12.1 Å². The molecule has 0 saturated heterocycles. The van der Waals surface area contributed by atoms with Crippen LogP contribution in [0.2, 0.25) is 0 Å². The van der Waals surface area contributed by atoms with Crippen LogP contribution in [-0.4, -0.2) is 17.8 Å². The van der Waals surface area contributed by atoms with E-state index in [1.165, 1.54) is 0 Å². The predicted octanol–water partition coefficient (Wildman–Crippen LogP) is 1.77. The van der Waals surface area contributed by atoms with E-state index in [9.17, 15) is 0 Å². The van der Waals surface area contributed by atoms with Crippen LogP contribution in [0.4, 0.5) is 0 Å². The van der Waals surface area contributed by atoms with E-state index >= 15 is 0 Å². The Hall–Kier alpha value is -1.06. The maximum atomic E-state index is 9.10. The van der Waals surface area contributed by atoms with Gasteiger partial charge >= 0.3 is 0 Å². The molecule has 0 saturated carbocycles. The minimum atomic E-state index is -0.447. The van der Waals surface area contributed by atoms with Crippen molar-refractivity contribution in [2.24, 2.45) is 5.73 Å². The number of rotatable bonds is 4. The van der Waals surface area contributed by atoms with Crippen molar-refractivity contribution >= 4 is 0 Å². The molecule has 2 atom stereocenters. The molecular weight excluding hydrogens is 190 g/mol. The number of aryl methyl sites for hydroxylation is 1. The van der Waals surface area contributed by atoms with Crippen molar-refractivity contribution in [1.82, 2.24) is 0 Å². The molecule has 3 nitrogen and oxygen atoms in total. The largest absolute Gasteiger partial charge is 0.491 e. The first-order valence-corrected chi connectivity index (χ1v) is 5.17. The Kier molecular flexibility index (Phi) is 4.12. The van der Waals surface area contributed by atoms with E-state index in [4.69, 9.17) is 15.6 Å². The fourth-order valence-corrected chi connectivity index (χ4v) is 1.33. The average Bonchev–Trinajstić information content (AvgIpc) is 2.15. The van der Waals surface area contributed by atoms with Crippen molar-refractivity contribution in [3.8, 4) is 5.75 Å². The number of aliphatic hydroxyl groups excluding tert-OH is 1. The highest BCUT2D eigenvalue weighted by Crippen LogP contribution is 2.21. The molecular formula is C12H19NO2. The number of nitrogens with two attached hydrogens (primary N) is 1. The van der Waals surface area contributed by atoms with Crippen LogP contribution in [-0.2, 0) is 0 Å². The lowest BCUT2D eigenvalue weighted by molar-refractivity contribution is 0.122. The maximum absolute atomic E-state index is 9.10. The highest BCUT2D eigenvalue weighted by molar-refractivity contribution is 5.37. The van der Waals surface area contributed by atoms with Gasteiger partial charge in [-0.15, -0.1) is 0 Å². The molecule has 0 fully saturated rings. The highest BCUT2D eigenvalue weighted by atomic mass is 16.5. The summed E-state index contributed by atoms with van der Waals surface area (Å²) in [5.74, 6) is 0.806. The molecule has 1 aromatic carbocycles. The highest BCUT2D eigenvalue weighted by Gasteiger charge is 2.05. The molecule has 0 bridgehead atoms. The number of benzene rings is 1. The summed E-state index contributed by atoms with van der Waals surface area (Å²) < 4.78 is 5.44. The first kappa shape index (κ1) is 12.0. The lowest BCUT2D eigenvalue weighted by Crippen LogP contribution is -2.13. The lowest BCUT2D eigenvalue weighted by Gasteiger charge is -2.13. The van der Waals surface area contributed by atoms with Crippen LogP contribution in [0.1, 0.15) is 31.0 Å². The molecule has 1 aromatic rings. The van der Waals surface area contributed by atoms with Crippen molar-refractivity contribution in [2.75, 3.05) is 6.61 Å². The molecule has 0 spiro atoms. The second-order valence-electron chi connectivity index (χ2n) is 3.97. The molecule has 0 aliphatic rings. The van der Waals surface area contributed by atoms with E-state index in [0.717, 1.165) is 16.9 Å². The second-order valence-corrected chi connectivity index (χ2v) is 3.97. The minimum Gasteiger partial charge on any atom is -0.491 e. The monoisotopic (exact) mass is 209 g/mol. The summed E-state index contributed by atoms with van der Waals surface area (Å²) in [7, 11) is 0. The van der Waals surface area contributed by atoms with Gasteiger partial charge in [0.05, 0.1) is 6.10 Å². The Labute approximate surface area is 90.9 Å². The molecule has 0 aromatic heterocycles. The van der Waals surface area contributed by atoms with Crippen LogP contribution in [0.15, 0.2) is 18.2 Å². The summed E-state index contributed by atoms with van der Waals surface area (Å²) in [6, 6.07) is 5.91. The van der Waals surface area contributed by atoms with Crippen molar-refractivity contribution in [3.05, 3.63) is 29.3 Å². The third-order valence-corrected chi connectivity index (χ3v) is 2.20. The van der Waals surface area contributed by atoms with Gasteiger partial charge in [0.2, 0.25) is 0 Å². The lowest BCUT2D eigenvalue weighted by atomic mass is 10.1. The molecule has 0 aliphatic heterocycles. The van der Waals surface area contributed by atoms with E-state index in [1.54, 1.807) is 6.92 Å².